The van der Waals surface area contributed by atoms with Crippen LogP contribution in [0.4, 0.5) is 0 Å². The second kappa shape index (κ2) is 6.49. The fourth-order valence-corrected chi connectivity index (χ4v) is 2.65. The number of ether oxygens (including phenoxy) is 1. The van der Waals surface area contributed by atoms with Crippen LogP contribution >= 0.6 is 0 Å². The Balaban J connectivity index is 1.83. The van der Waals surface area contributed by atoms with Crippen LogP contribution in [0.2, 0.25) is 0 Å². The molecular formula is C21H18O2. The quantitative estimate of drug-likeness (QED) is 0.383. The number of hydrogen-bond acceptors (Lipinski definition) is 2. The number of para-hydroxylation sites is 1. The Kier molecular flexibility index (Phi) is 4.24. The molecule has 0 aliphatic carbocycles. The highest BCUT2D eigenvalue weighted by molar-refractivity contribution is 5.95. The number of esters is 1. The highest BCUT2D eigenvalue weighted by Gasteiger charge is 2.07. The van der Waals surface area contributed by atoms with E-state index in [1.165, 1.54) is 6.08 Å². The molecule has 23 heavy (non-hydrogen) atoms. The summed E-state index contributed by atoms with van der Waals surface area (Å²) in [6.07, 6.45) is 3.28. The first-order chi connectivity index (χ1) is 11.1. The zero-order chi connectivity index (χ0) is 16.2. The minimum Gasteiger partial charge on any atom is -0.423 e. The summed E-state index contributed by atoms with van der Waals surface area (Å²) in [5.41, 5.74) is 2.91. The average molecular weight is 302 g/mol. The number of hydrogen-bond donors (Lipinski definition) is 0. The molecule has 3 aromatic rings. The van der Waals surface area contributed by atoms with E-state index in [-0.39, 0.29) is 5.97 Å². The number of carbonyl (C=O) groups excluding carboxylic acids is 1. The van der Waals surface area contributed by atoms with Gasteiger partial charge in [-0.05, 0) is 47.4 Å². The molecular weight excluding hydrogens is 284 g/mol. The summed E-state index contributed by atoms with van der Waals surface area (Å²) in [4.78, 5) is 12.1. The molecule has 0 bridgehead atoms. The van der Waals surface area contributed by atoms with Crippen LogP contribution in [-0.4, -0.2) is 5.97 Å². The number of rotatable bonds is 3. The van der Waals surface area contributed by atoms with Gasteiger partial charge in [-0.1, -0.05) is 60.7 Å². The van der Waals surface area contributed by atoms with Crippen molar-refractivity contribution in [1.29, 1.82) is 0 Å². The van der Waals surface area contributed by atoms with E-state index in [9.17, 15) is 4.79 Å². The largest absolute Gasteiger partial charge is 0.423 e. The van der Waals surface area contributed by atoms with Crippen molar-refractivity contribution >= 4 is 22.8 Å². The molecule has 0 amide bonds. The van der Waals surface area contributed by atoms with Crippen molar-refractivity contribution < 1.29 is 9.53 Å². The Morgan fingerprint density at radius 3 is 2.30 bits per heavy atom. The lowest BCUT2D eigenvalue weighted by molar-refractivity contribution is -0.129. The number of fused-ring (bicyclic) bond motifs is 1. The standard InChI is InChI=1S/C21H18O2/c1-15-7-5-8-16(2)21(15)23-20(22)14-13-18-11-6-10-17-9-3-4-12-19(17)18/h3-14H,1-2H3. The second-order valence-electron chi connectivity index (χ2n) is 5.54. The molecule has 2 nitrogen and oxygen atoms in total. The van der Waals surface area contributed by atoms with Gasteiger partial charge in [0.25, 0.3) is 0 Å². The normalized spacial score (nSPS) is 11.0. The van der Waals surface area contributed by atoms with Crippen molar-refractivity contribution in [1.82, 2.24) is 0 Å². The van der Waals surface area contributed by atoms with Gasteiger partial charge in [-0.15, -0.1) is 0 Å². The first-order valence-electron chi connectivity index (χ1n) is 7.59. The van der Waals surface area contributed by atoms with Crippen molar-refractivity contribution in [2.24, 2.45) is 0 Å². The summed E-state index contributed by atoms with van der Waals surface area (Å²) in [6, 6.07) is 20.0. The molecule has 0 unspecified atom stereocenters. The van der Waals surface area contributed by atoms with Crippen LogP contribution in [0, 0.1) is 13.8 Å². The lowest BCUT2D eigenvalue weighted by Gasteiger charge is -2.08. The Hall–Kier alpha value is -2.87. The molecule has 0 fully saturated rings. The van der Waals surface area contributed by atoms with E-state index in [0.717, 1.165) is 27.5 Å². The van der Waals surface area contributed by atoms with Gasteiger partial charge in [0.1, 0.15) is 5.75 Å². The summed E-state index contributed by atoms with van der Waals surface area (Å²) in [6.45, 7) is 3.87. The third kappa shape index (κ3) is 3.32. The first kappa shape index (κ1) is 15.0. The van der Waals surface area contributed by atoms with Crippen molar-refractivity contribution in [3.8, 4) is 5.75 Å². The van der Waals surface area contributed by atoms with Gasteiger partial charge in [-0.25, -0.2) is 4.79 Å². The van der Waals surface area contributed by atoms with Gasteiger partial charge in [0, 0.05) is 6.08 Å². The molecule has 0 saturated carbocycles. The SMILES string of the molecule is Cc1cccc(C)c1OC(=O)C=Cc1cccc2ccccc12. The van der Waals surface area contributed by atoms with Crippen molar-refractivity contribution in [3.05, 3.63) is 83.4 Å². The van der Waals surface area contributed by atoms with Gasteiger partial charge < -0.3 is 4.74 Å². The predicted molar refractivity (Wildman–Crippen MR) is 94.5 cm³/mol. The van der Waals surface area contributed by atoms with Gasteiger partial charge >= 0.3 is 5.97 Å². The maximum absolute atomic E-state index is 12.1. The predicted octanol–water partition coefficient (Wildman–Crippen LogP) is 5.08. The van der Waals surface area contributed by atoms with E-state index in [1.54, 1.807) is 6.08 Å². The van der Waals surface area contributed by atoms with E-state index < -0.39 is 0 Å². The molecule has 3 aromatic carbocycles. The molecule has 0 spiro atoms. The van der Waals surface area contributed by atoms with Crippen LogP contribution in [0.15, 0.2) is 66.7 Å². The fraction of sp³-hybridized carbons (Fsp3) is 0.0952. The highest BCUT2D eigenvalue weighted by Crippen LogP contribution is 2.23. The van der Waals surface area contributed by atoms with Crippen LogP contribution in [0.5, 0.6) is 5.75 Å². The molecule has 2 heteroatoms. The Morgan fingerprint density at radius 1 is 0.870 bits per heavy atom. The lowest BCUT2D eigenvalue weighted by atomic mass is 10.0. The van der Waals surface area contributed by atoms with E-state index in [2.05, 4.69) is 12.1 Å². The maximum atomic E-state index is 12.1. The Labute approximate surface area is 136 Å². The molecule has 0 heterocycles. The molecule has 0 aliphatic rings. The van der Waals surface area contributed by atoms with Gasteiger partial charge in [0.05, 0.1) is 0 Å². The van der Waals surface area contributed by atoms with E-state index in [0.29, 0.717) is 5.75 Å². The van der Waals surface area contributed by atoms with Gasteiger partial charge in [0.15, 0.2) is 0 Å². The third-order valence-corrected chi connectivity index (χ3v) is 3.83. The molecule has 0 saturated heterocycles. The van der Waals surface area contributed by atoms with Crippen LogP contribution in [0.3, 0.4) is 0 Å². The maximum Gasteiger partial charge on any atom is 0.336 e. The Morgan fingerprint density at radius 2 is 1.52 bits per heavy atom. The Bertz CT molecular complexity index is 866. The zero-order valence-corrected chi connectivity index (χ0v) is 13.2. The van der Waals surface area contributed by atoms with Crippen molar-refractivity contribution in [2.75, 3.05) is 0 Å². The second-order valence-corrected chi connectivity index (χ2v) is 5.54. The molecule has 0 N–H and O–H groups in total. The zero-order valence-electron chi connectivity index (χ0n) is 13.2. The smallest absolute Gasteiger partial charge is 0.336 e. The molecule has 0 radical (unpaired) electrons. The average Bonchev–Trinajstić information content (AvgIpc) is 2.56. The molecule has 0 aliphatic heterocycles. The summed E-state index contributed by atoms with van der Waals surface area (Å²) < 4.78 is 5.48. The summed E-state index contributed by atoms with van der Waals surface area (Å²) in [5.74, 6) is 0.274. The number of benzene rings is 3. The number of aryl methyl sites for hydroxylation is 2. The summed E-state index contributed by atoms with van der Waals surface area (Å²) in [5, 5.41) is 2.27. The molecule has 3 rings (SSSR count). The summed E-state index contributed by atoms with van der Waals surface area (Å²) >= 11 is 0. The minimum atomic E-state index is -0.365. The van der Waals surface area contributed by atoms with Gasteiger partial charge in [0.2, 0.25) is 0 Å². The van der Waals surface area contributed by atoms with E-state index in [1.807, 2.05) is 62.4 Å². The number of carbonyl (C=O) groups is 1. The lowest BCUT2D eigenvalue weighted by Crippen LogP contribution is -2.06. The monoisotopic (exact) mass is 302 g/mol. The molecule has 0 atom stereocenters. The van der Waals surface area contributed by atoms with Gasteiger partial charge in [-0.3, -0.25) is 0 Å². The highest BCUT2D eigenvalue weighted by atomic mass is 16.5. The van der Waals surface area contributed by atoms with Crippen molar-refractivity contribution in [2.45, 2.75) is 13.8 Å². The fourth-order valence-electron chi connectivity index (χ4n) is 2.65. The third-order valence-electron chi connectivity index (χ3n) is 3.83. The summed E-state index contributed by atoms with van der Waals surface area (Å²) in [7, 11) is 0. The van der Waals surface area contributed by atoms with Crippen LogP contribution in [0.25, 0.3) is 16.8 Å². The first-order valence-corrected chi connectivity index (χ1v) is 7.59. The van der Waals surface area contributed by atoms with Crippen LogP contribution in [-0.2, 0) is 4.79 Å². The van der Waals surface area contributed by atoms with Gasteiger partial charge in [-0.2, -0.15) is 0 Å². The minimum absolute atomic E-state index is 0.365. The van der Waals surface area contributed by atoms with E-state index >= 15 is 0 Å². The van der Waals surface area contributed by atoms with Crippen LogP contribution < -0.4 is 4.74 Å². The topological polar surface area (TPSA) is 26.3 Å². The molecule has 0 aromatic heterocycles. The van der Waals surface area contributed by atoms with E-state index in [4.69, 9.17) is 4.74 Å². The molecule has 114 valence electrons. The van der Waals surface area contributed by atoms with Crippen LogP contribution in [0.1, 0.15) is 16.7 Å². The van der Waals surface area contributed by atoms with Crippen molar-refractivity contribution in [3.63, 3.8) is 0 Å².